The predicted molar refractivity (Wildman–Crippen MR) is 272 cm³/mol. The zero-order valence-corrected chi connectivity index (χ0v) is 41.7. The fourth-order valence-electron chi connectivity index (χ4n) is 8.24. The van der Waals surface area contributed by atoms with Gasteiger partial charge < -0.3 is 40.3 Å². The Labute approximate surface area is 398 Å². The van der Waals surface area contributed by atoms with Gasteiger partial charge in [0, 0.05) is 6.42 Å². The molecule has 1 aliphatic heterocycles. The highest BCUT2D eigenvalue weighted by Crippen LogP contribution is 2.23. The van der Waals surface area contributed by atoms with Crippen LogP contribution in [0.3, 0.4) is 0 Å². The standard InChI is InChI=1S/C56H101NO8/c1-3-5-7-9-11-13-15-17-19-21-23-24-25-26-28-29-31-33-35-37-39-41-43-45-50(59)49(48-64-56-55(63)54(62)53(61)51(47-58)65-56)57-52(60)46-44-42-40-38-36-34-32-30-27-22-20-18-16-14-12-10-8-6-4-2/h12,14,18,20,27,30,35,37,43,45,49-51,53-56,58-59,61-63H,3-11,13,15-17,19,21-26,28-29,31-34,36,38-42,44,46-48H2,1-2H3,(H,57,60)/b14-12-,20-18-,30-27-,37-35+,45-43+. The van der Waals surface area contributed by atoms with Gasteiger partial charge in [-0.1, -0.05) is 216 Å². The molecule has 1 fully saturated rings. The first-order valence-electron chi connectivity index (χ1n) is 27.0. The van der Waals surface area contributed by atoms with Crippen LogP contribution in [0, 0.1) is 0 Å². The molecular formula is C56H101NO8. The van der Waals surface area contributed by atoms with Gasteiger partial charge in [0.1, 0.15) is 24.4 Å². The van der Waals surface area contributed by atoms with Crippen LogP contribution in [0.2, 0.25) is 0 Å². The van der Waals surface area contributed by atoms with E-state index in [0.717, 1.165) is 64.2 Å². The summed E-state index contributed by atoms with van der Waals surface area (Å²) in [7, 11) is 0. The molecule has 1 heterocycles. The molecule has 6 N–H and O–H groups in total. The van der Waals surface area contributed by atoms with Gasteiger partial charge in [0.15, 0.2) is 6.29 Å². The summed E-state index contributed by atoms with van der Waals surface area (Å²) in [5.74, 6) is -0.200. The average Bonchev–Trinajstić information content (AvgIpc) is 3.31. The van der Waals surface area contributed by atoms with Crippen molar-refractivity contribution in [1.29, 1.82) is 0 Å². The minimum atomic E-state index is -1.58. The largest absolute Gasteiger partial charge is 0.394 e. The Morgan fingerprint density at radius 3 is 1.43 bits per heavy atom. The third kappa shape index (κ3) is 35.7. The quantitative estimate of drug-likeness (QED) is 0.0261. The van der Waals surface area contributed by atoms with Gasteiger partial charge in [0.25, 0.3) is 0 Å². The number of rotatable bonds is 45. The number of ether oxygens (including phenoxy) is 2. The molecule has 0 bridgehead atoms. The maximum atomic E-state index is 13.0. The second-order valence-corrected chi connectivity index (χ2v) is 18.7. The summed E-state index contributed by atoms with van der Waals surface area (Å²) in [5.41, 5.74) is 0. The summed E-state index contributed by atoms with van der Waals surface area (Å²) in [6.07, 6.45) is 54.2. The number of nitrogens with one attached hydrogen (secondary N) is 1. The van der Waals surface area contributed by atoms with E-state index in [-0.39, 0.29) is 12.5 Å². The summed E-state index contributed by atoms with van der Waals surface area (Å²) >= 11 is 0. The average molecular weight is 916 g/mol. The van der Waals surface area contributed by atoms with Crippen LogP contribution in [0.4, 0.5) is 0 Å². The smallest absolute Gasteiger partial charge is 0.220 e. The molecule has 9 nitrogen and oxygen atoms in total. The van der Waals surface area contributed by atoms with Crippen molar-refractivity contribution in [3.05, 3.63) is 60.8 Å². The number of carbonyl (C=O) groups excluding carboxylic acids is 1. The Morgan fingerprint density at radius 2 is 0.923 bits per heavy atom. The number of hydrogen-bond acceptors (Lipinski definition) is 8. The topological polar surface area (TPSA) is 149 Å². The molecule has 1 amide bonds. The van der Waals surface area contributed by atoms with E-state index in [0.29, 0.717) is 6.42 Å². The van der Waals surface area contributed by atoms with Gasteiger partial charge in [-0.2, -0.15) is 0 Å². The fourth-order valence-corrected chi connectivity index (χ4v) is 8.24. The summed E-state index contributed by atoms with van der Waals surface area (Å²) in [6.45, 7) is 3.74. The first-order chi connectivity index (χ1) is 31.8. The van der Waals surface area contributed by atoms with Gasteiger partial charge in [-0.3, -0.25) is 4.79 Å². The number of hydrogen-bond donors (Lipinski definition) is 6. The number of amides is 1. The molecule has 0 aromatic carbocycles. The van der Waals surface area contributed by atoms with Crippen LogP contribution in [-0.2, 0) is 14.3 Å². The van der Waals surface area contributed by atoms with Crippen LogP contribution < -0.4 is 5.32 Å². The molecule has 1 rings (SSSR count). The van der Waals surface area contributed by atoms with Crippen LogP contribution in [0.1, 0.15) is 232 Å². The summed E-state index contributed by atoms with van der Waals surface area (Å²) in [5, 5.41) is 54.4. The molecule has 0 radical (unpaired) electrons. The zero-order valence-electron chi connectivity index (χ0n) is 41.7. The monoisotopic (exact) mass is 916 g/mol. The Balaban J connectivity index is 2.31. The maximum absolute atomic E-state index is 13.0. The Bertz CT molecular complexity index is 1200. The molecule has 0 aromatic rings. The van der Waals surface area contributed by atoms with Crippen molar-refractivity contribution < 1.29 is 39.8 Å². The fraction of sp³-hybridized carbons (Fsp3) is 0.804. The molecule has 1 aliphatic rings. The lowest BCUT2D eigenvalue weighted by Crippen LogP contribution is -2.60. The number of allylic oxidation sites excluding steroid dienone is 9. The molecule has 1 saturated heterocycles. The lowest BCUT2D eigenvalue weighted by molar-refractivity contribution is -0.302. The molecule has 7 atom stereocenters. The summed E-state index contributed by atoms with van der Waals surface area (Å²) in [4.78, 5) is 13.0. The number of aliphatic hydroxyl groups excluding tert-OH is 5. The van der Waals surface area contributed by atoms with Crippen molar-refractivity contribution in [3.63, 3.8) is 0 Å². The molecule has 0 spiro atoms. The second kappa shape index (κ2) is 45.7. The van der Waals surface area contributed by atoms with E-state index < -0.39 is 49.5 Å². The van der Waals surface area contributed by atoms with Crippen molar-refractivity contribution in [2.24, 2.45) is 0 Å². The Hall–Kier alpha value is -2.11. The van der Waals surface area contributed by atoms with Crippen molar-refractivity contribution >= 4 is 5.91 Å². The van der Waals surface area contributed by atoms with Crippen LogP contribution in [-0.4, -0.2) is 87.5 Å². The van der Waals surface area contributed by atoms with Crippen LogP contribution >= 0.6 is 0 Å². The van der Waals surface area contributed by atoms with Crippen molar-refractivity contribution in [2.45, 2.75) is 275 Å². The van der Waals surface area contributed by atoms with Crippen molar-refractivity contribution in [2.75, 3.05) is 13.2 Å². The van der Waals surface area contributed by atoms with E-state index in [1.807, 2.05) is 6.08 Å². The van der Waals surface area contributed by atoms with Crippen LogP contribution in [0.25, 0.3) is 0 Å². The first kappa shape index (κ1) is 60.9. The van der Waals surface area contributed by atoms with Gasteiger partial charge >= 0.3 is 0 Å². The molecule has 0 aromatic heterocycles. The van der Waals surface area contributed by atoms with E-state index in [4.69, 9.17) is 9.47 Å². The molecule has 378 valence electrons. The van der Waals surface area contributed by atoms with Crippen molar-refractivity contribution in [3.8, 4) is 0 Å². The van der Waals surface area contributed by atoms with E-state index >= 15 is 0 Å². The van der Waals surface area contributed by atoms with Gasteiger partial charge in [0.2, 0.25) is 5.91 Å². The van der Waals surface area contributed by atoms with E-state index in [9.17, 15) is 30.3 Å². The Morgan fingerprint density at radius 1 is 0.523 bits per heavy atom. The highest BCUT2D eigenvalue weighted by molar-refractivity contribution is 5.76. The summed E-state index contributed by atoms with van der Waals surface area (Å²) < 4.78 is 11.2. The normalized spacial score (nSPS) is 20.4. The second-order valence-electron chi connectivity index (χ2n) is 18.7. The van der Waals surface area contributed by atoms with Gasteiger partial charge in [0.05, 0.1) is 25.4 Å². The molecule has 65 heavy (non-hydrogen) atoms. The zero-order chi connectivity index (χ0) is 47.3. The van der Waals surface area contributed by atoms with Crippen LogP contribution in [0.15, 0.2) is 60.8 Å². The van der Waals surface area contributed by atoms with E-state index in [1.54, 1.807) is 6.08 Å². The SMILES string of the molecule is CCCCC/C=C\C/C=C\C/C=C\CCCCCCCCC(=O)NC(COC1OC(CO)C(O)C(O)C1O)C(O)/C=C/CC/C=C/CCCCCCCCCCCCCCCCCCC. The van der Waals surface area contributed by atoms with E-state index in [2.05, 4.69) is 67.8 Å². The molecule has 0 aliphatic carbocycles. The van der Waals surface area contributed by atoms with Crippen molar-refractivity contribution in [1.82, 2.24) is 5.32 Å². The third-order valence-electron chi connectivity index (χ3n) is 12.6. The number of aliphatic hydroxyl groups is 5. The van der Waals surface area contributed by atoms with Gasteiger partial charge in [-0.25, -0.2) is 0 Å². The van der Waals surface area contributed by atoms with E-state index in [1.165, 1.54) is 148 Å². The van der Waals surface area contributed by atoms with Gasteiger partial charge in [-0.05, 0) is 70.6 Å². The predicted octanol–water partition coefficient (Wildman–Crippen LogP) is 12.7. The van der Waals surface area contributed by atoms with Crippen LogP contribution in [0.5, 0.6) is 0 Å². The summed E-state index contributed by atoms with van der Waals surface area (Å²) in [6, 6.07) is -0.831. The molecule has 0 saturated carbocycles. The molecular weight excluding hydrogens is 815 g/mol. The highest BCUT2D eigenvalue weighted by atomic mass is 16.7. The maximum Gasteiger partial charge on any atom is 0.220 e. The number of carbonyl (C=O) groups is 1. The lowest BCUT2D eigenvalue weighted by Gasteiger charge is -2.40. The molecule has 9 heteroatoms. The number of unbranched alkanes of at least 4 members (excludes halogenated alkanes) is 27. The highest BCUT2D eigenvalue weighted by Gasteiger charge is 2.44. The first-order valence-corrected chi connectivity index (χ1v) is 27.0. The Kier molecular flexibility index (Phi) is 42.8. The third-order valence-corrected chi connectivity index (χ3v) is 12.6. The minimum absolute atomic E-state index is 0.200. The minimum Gasteiger partial charge on any atom is -0.394 e. The molecule has 7 unspecified atom stereocenters. The lowest BCUT2D eigenvalue weighted by atomic mass is 9.99. The van der Waals surface area contributed by atoms with Gasteiger partial charge in [-0.15, -0.1) is 0 Å².